The number of anilines is 1. The van der Waals surface area contributed by atoms with Crippen molar-refractivity contribution < 1.29 is 9.50 Å². The number of halogens is 1. The Hall–Kier alpha value is -3.70. The number of aliphatic hydroxyl groups excluding tert-OH is 1. The summed E-state index contributed by atoms with van der Waals surface area (Å²) in [6, 6.07) is 13.5. The number of nitriles is 1. The second-order valence-corrected chi connectivity index (χ2v) is 6.01. The Balaban J connectivity index is 1.82. The van der Waals surface area contributed by atoms with Crippen LogP contribution in [0.2, 0.25) is 0 Å². The molecule has 7 nitrogen and oxygen atoms in total. The molecule has 0 saturated carbocycles. The first kappa shape index (κ1) is 16.8. The van der Waals surface area contributed by atoms with Crippen LogP contribution in [0.4, 0.5) is 10.2 Å². The number of nitrogen functional groups attached to an aromatic ring is 1. The van der Waals surface area contributed by atoms with Gasteiger partial charge in [-0.1, -0.05) is 6.07 Å². The molecule has 0 saturated heterocycles. The van der Waals surface area contributed by atoms with Crippen LogP contribution in [0.5, 0.6) is 0 Å². The molecule has 0 radical (unpaired) electrons. The van der Waals surface area contributed by atoms with Gasteiger partial charge in [0.25, 0.3) is 0 Å². The van der Waals surface area contributed by atoms with E-state index in [1.54, 1.807) is 27.7 Å². The molecule has 0 unspecified atom stereocenters. The lowest BCUT2D eigenvalue weighted by atomic mass is 10.1. The van der Waals surface area contributed by atoms with E-state index in [1.165, 1.54) is 12.1 Å². The minimum absolute atomic E-state index is 0.00260. The fourth-order valence-corrected chi connectivity index (χ4v) is 3.05. The second kappa shape index (κ2) is 6.55. The van der Waals surface area contributed by atoms with Crippen molar-refractivity contribution in [2.75, 3.05) is 12.3 Å². The highest BCUT2D eigenvalue weighted by Gasteiger charge is 2.14. The van der Waals surface area contributed by atoms with Gasteiger partial charge < -0.3 is 10.8 Å². The molecule has 4 aromatic rings. The molecule has 0 bridgehead atoms. The molecule has 0 aliphatic heterocycles. The minimum Gasteiger partial charge on any atom is -0.394 e. The average Bonchev–Trinajstić information content (AvgIpc) is 3.25. The third-order valence-electron chi connectivity index (χ3n) is 4.30. The molecular weight excluding hydrogens is 347 g/mol. The average molecular weight is 362 g/mol. The van der Waals surface area contributed by atoms with E-state index >= 15 is 0 Å². The van der Waals surface area contributed by atoms with Crippen LogP contribution in [0.15, 0.2) is 48.7 Å². The van der Waals surface area contributed by atoms with E-state index < -0.39 is 5.82 Å². The van der Waals surface area contributed by atoms with E-state index in [0.717, 1.165) is 16.6 Å². The Morgan fingerprint density at radius 3 is 2.78 bits per heavy atom. The summed E-state index contributed by atoms with van der Waals surface area (Å²) in [6.45, 7) is 0.413. The van der Waals surface area contributed by atoms with Gasteiger partial charge in [-0.2, -0.15) is 15.5 Å². The summed E-state index contributed by atoms with van der Waals surface area (Å²) in [5, 5.41) is 27.5. The van der Waals surface area contributed by atoms with Gasteiger partial charge in [0.1, 0.15) is 17.7 Å². The Morgan fingerprint density at radius 2 is 2.04 bits per heavy atom. The van der Waals surface area contributed by atoms with Crippen molar-refractivity contribution in [2.45, 2.75) is 6.54 Å². The Bertz CT molecular complexity index is 1190. The molecule has 4 rings (SSSR count). The van der Waals surface area contributed by atoms with Crippen molar-refractivity contribution >= 4 is 16.7 Å². The summed E-state index contributed by atoms with van der Waals surface area (Å²) in [4.78, 5) is 0. The maximum Gasteiger partial charge on any atom is 0.146 e. The van der Waals surface area contributed by atoms with Crippen LogP contribution in [0.25, 0.3) is 27.8 Å². The minimum atomic E-state index is -0.595. The number of aliphatic hydroxyl groups is 1. The van der Waals surface area contributed by atoms with E-state index in [0.29, 0.717) is 23.6 Å². The fourth-order valence-electron chi connectivity index (χ4n) is 3.05. The molecule has 0 aliphatic carbocycles. The highest BCUT2D eigenvalue weighted by Crippen LogP contribution is 2.28. The van der Waals surface area contributed by atoms with Gasteiger partial charge in [-0.05, 0) is 30.3 Å². The van der Waals surface area contributed by atoms with Crippen molar-refractivity contribution in [1.82, 2.24) is 19.6 Å². The predicted octanol–water partition coefficient (Wildman–Crippen LogP) is 2.47. The molecule has 0 amide bonds. The number of hydrogen-bond acceptors (Lipinski definition) is 5. The molecule has 134 valence electrons. The van der Waals surface area contributed by atoms with Crippen molar-refractivity contribution in [3.8, 4) is 23.0 Å². The lowest BCUT2D eigenvalue weighted by Crippen LogP contribution is -2.03. The zero-order valence-electron chi connectivity index (χ0n) is 14.2. The maximum atomic E-state index is 14.0. The Kier molecular flexibility index (Phi) is 4.06. The standard InChI is InChI=1S/C19H15FN6O/c20-16-8-12(1-2-13(16)10-21)18-9-19(22)24-26(18)15-3-4-17-14(7-15)11-23-25(17)5-6-27/h1-4,7-9,11,27H,5-6H2,(H2,22,24). The topological polar surface area (TPSA) is 106 Å². The van der Waals surface area contributed by atoms with Crippen LogP contribution in [0, 0.1) is 17.1 Å². The van der Waals surface area contributed by atoms with Crippen molar-refractivity contribution in [1.29, 1.82) is 5.26 Å². The molecule has 8 heteroatoms. The van der Waals surface area contributed by atoms with Crippen molar-refractivity contribution in [3.05, 3.63) is 60.0 Å². The SMILES string of the molecule is N#Cc1ccc(-c2cc(N)nn2-c2ccc3c(cnn3CCO)c2)cc1F. The summed E-state index contributed by atoms with van der Waals surface area (Å²) in [5.41, 5.74) is 8.66. The normalized spacial score (nSPS) is 11.0. The zero-order valence-corrected chi connectivity index (χ0v) is 14.2. The molecule has 3 N–H and O–H groups in total. The van der Waals surface area contributed by atoms with Crippen molar-refractivity contribution in [2.24, 2.45) is 0 Å². The first-order valence-electron chi connectivity index (χ1n) is 8.23. The van der Waals surface area contributed by atoms with Crippen LogP contribution in [0.3, 0.4) is 0 Å². The number of rotatable bonds is 4. The quantitative estimate of drug-likeness (QED) is 0.580. The van der Waals surface area contributed by atoms with E-state index in [2.05, 4.69) is 10.2 Å². The molecule has 2 aromatic carbocycles. The van der Waals surface area contributed by atoms with Gasteiger partial charge in [-0.3, -0.25) is 4.68 Å². The smallest absolute Gasteiger partial charge is 0.146 e. The van der Waals surface area contributed by atoms with E-state index in [4.69, 9.17) is 16.1 Å². The van der Waals surface area contributed by atoms with E-state index in [9.17, 15) is 4.39 Å². The molecule has 2 heterocycles. The third-order valence-corrected chi connectivity index (χ3v) is 4.30. The molecule has 27 heavy (non-hydrogen) atoms. The number of aromatic nitrogens is 4. The molecule has 0 atom stereocenters. The number of nitrogens with zero attached hydrogens (tertiary/aromatic N) is 5. The molecular formula is C19H15FN6O. The maximum absolute atomic E-state index is 14.0. The molecule has 0 fully saturated rings. The Morgan fingerprint density at radius 1 is 1.19 bits per heavy atom. The summed E-state index contributed by atoms with van der Waals surface area (Å²) in [6.07, 6.45) is 1.71. The predicted molar refractivity (Wildman–Crippen MR) is 98.5 cm³/mol. The fraction of sp³-hybridized carbons (Fsp3) is 0.105. The molecule has 0 aliphatic rings. The monoisotopic (exact) mass is 362 g/mol. The van der Waals surface area contributed by atoms with Crippen LogP contribution in [0.1, 0.15) is 5.56 Å². The highest BCUT2D eigenvalue weighted by atomic mass is 19.1. The first-order chi connectivity index (χ1) is 13.1. The zero-order chi connectivity index (χ0) is 19.0. The van der Waals surface area contributed by atoms with Gasteiger partial charge in [-0.25, -0.2) is 9.07 Å². The summed E-state index contributed by atoms with van der Waals surface area (Å²) < 4.78 is 17.4. The van der Waals surface area contributed by atoms with Crippen LogP contribution in [-0.4, -0.2) is 31.3 Å². The van der Waals surface area contributed by atoms with Gasteiger partial charge in [0.15, 0.2) is 0 Å². The lowest BCUT2D eigenvalue weighted by Gasteiger charge is -2.09. The molecule has 0 spiro atoms. The van der Waals surface area contributed by atoms with Gasteiger partial charge >= 0.3 is 0 Å². The van der Waals surface area contributed by atoms with Crippen molar-refractivity contribution in [3.63, 3.8) is 0 Å². The van der Waals surface area contributed by atoms with Crippen LogP contribution in [-0.2, 0) is 6.54 Å². The number of fused-ring (bicyclic) bond motifs is 1. The number of nitrogens with two attached hydrogens (primary N) is 1. The summed E-state index contributed by atoms with van der Waals surface area (Å²) >= 11 is 0. The first-order valence-corrected chi connectivity index (χ1v) is 8.23. The number of benzene rings is 2. The van der Waals surface area contributed by atoms with Gasteiger partial charge in [0, 0.05) is 17.0 Å². The summed E-state index contributed by atoms with van der Waals surface area (Å²) in [7, 11) is 0. The van der Waals surface area contributed by atoms with Crippen LogP contribution >= 0.6 is 0 Å². The van der Waals surface area contributed by atoms with E-state index in [-0.39, 0.29) is 12.2 Å². The third kappa shape index (κ3) is 2.90. The lowest BCUT2D eigenvalue weighted by molar-refractivity contribution is 0.271. The van der Waals surface area contributed by atoms with Gasteiger partial charge in [-0.15, -0.1) is 0 Å². The van der Waals surface area contributed by atoms with E-state index in [1.807, 2.05) is 24.3 Å². The van der Waals surface area contributed by atoms with Gasteiger partial charge in [0.05, 0.1) is 41.8 Å². The number of hydrogen-bond donors (Lipinski definition) is 2. The second-order valence-electron chi connectivity index (χ2n) is 6.01. The highest BCUT2D eigenvalue weighted by molar-refractivity contribution is 5.81. The largest absolute Gasteiger partial charge is 0.394 e. The van der Waals surface area contributed by atoms with Gasteiger partial charge in [0.2, 0.25) is 0 Å². The summed E-state index contributed by atoms with van der Waals surface area (Å²) in [5.74, 6) is -0.298. The van der Waals surface area contributed by atoms with Crippen LogP contribution < -0.4 is 5.73 Å². The molecule has 2 aromatic heterocycles. The Labute approximate surface area is 153 Å².